The highest BCUT2D eigenvalue weighted by Crippen LogP contribution is 2.25. The molecular weight excluding hydrogens is 258 g/mol. The van der Waals surface area contributed by atoms with Crippen molar-refractivity contribution in [2.45, 2.75) is 45.6 Å². The lowest BCUT2D eigenvalue weighted by Crippen LogP contribution is -2.51. The van der Waals surface area contributed by atoms with Gasteiger partial charge in [-0.2, -0.15) is 0 Å². The SMILES string of the molecule is CC(C)(CCCN1CCN2C(=O)CCC2C1)C(N)=S. The van der Waals surface area contributed by atoms with Crippen molar-refractivity contribution in [2.24, 2.45) is 11.1 Å². The minimum Gasteiger partial charge on any atom is -0.393 e. The summed E-state index contributed by atoms with van der Waals surface area (Å²) in [5.74, 6) is 0.347. The molecule has 1 atom stereocenters. The van der Waals surface area contributed by atoms with Crippen molar-refractivity contribution in [3.05, 3.63) is 0 Å². The Morgan fingerprint density at radius 2 is 2.21 bits per heavy atom. The smallest absolute Gasteiger partial charge is 0.222 e. The molecule has 0 aromatic carbocycles. The number of nitrogens with two attached hydrogens (primary N) is 1. The zero-order valence-corrected chi connectivity index (χ0v) is 12.8. The molecule has 2 fully saturated rings. The summed E-state index contributed by atoms with van der Waals surface area (Å²) in [5, 5.41) is 0. The second-order valence-corrected chi connectivity index (χ2v) is 6.87. The number of hydrogen-bond donors (Lipinski definition) is 1. The average Bonchev–Trinajstić information content (AvgIpc) is 2.70. The van der Waals surface area contributed by atoms with E-state index >= 15 is 0 Å². The van der Waals surface area contributed by atoms with Gasteiger partial charge in [0.25, 0.3) is 0 Å². The fourth-order valence-corrected chi connectivity index (χ4v) is 3.10. The molecule has 4 nitrogen and oxygen atoms in total. The van der Waals surface area contributed by atoms with E-state index in [1.54, 1.807) is 0 Å². The molecule has 0 radical (unpaired) electrons. The van der Waals surface area contributed by atoms with Crippen molar-refractivity contribution in [2.75, 3.05) is 26.2 Å². The van der Waals surface area contributed by atoms with Crippen molar-refractivity contribution in [1.82, 2.24) is 9.80 Å². The average molecular weight is 283 g/mol. The number of thiocarbonyl (C=S) groups is 1. The lowest BCUT2D eigenvalue weighted by atomic mass is 9.88. The van der Waals surface area contributed by atoms with Gasteiger partial charge in [0.15, 0.2) is 0 Å². The van der Waals surface area contributed by atoms with Crippen LogP contribution in [0.2, 0.25) is 0 Å². The van der Waals surface area contributed by atoms with Crippen LogP contribution < -0.4 is 5.73 Å². The van der Waals surface area contributed by atoms with Crippen LogP contribution in [0.15, 0.2) is 0 Å². The second kappa shape index (κ2) is 5.75. The number of hydrogen-bond acceptors (Lipinski definition) is 3. The number of piperazine rings is 1. The van der Waals surface area contributed by atoms with Crippen molar-refractivity contribution in [3.8, 4) is 0 Å². The van der Waals surface area contributed by atoms with E-state index in [0.717, 1.165) is 51.9 Å². The van der Waals surface area contributed by atoms with Gasteiger partial charge in [-0.1, -0.05) is 26.1 Å². The third kappa shape index (κ3) is 3.45. The Bertz CT molecular complexity index is 370. The van der Waals surface area contributed by atoms with E-state index < -0.39 is 0 Å². The summed E-state index contributed by atoms with van der Waals surface area (Å²) in [4.78, 5) is 16.8. The maximum absolute atomic E-state index is 11.6. The van der Waals surface area contributed by atoms with Gasteiger partial charge in [-0.3, -0.25) is 9.69 Å². The summed E-state index contributed by atoms with van der Waals surface area (Å²) in [7, 11) is 0. The van der Waals surface area contributed by atoms with Crippen LogP contribution in [0.25, 0.3) is 0 Å². The van der Waals surface area contributed by atoms with Gasteiger partial charge in [0.1, 0.15) is 0 Å². The zero-order chi connectivity index (χ0) is 14.0. The molecule has 2 rings (SSSR count). The topological polar surface area (TPSA) is 49.6 Å². The van der Waals surface area contributed by atoms with E-state index in [2.05, 4.69) is 23.6 Å². The number of amides is 1. The summed E-state index contributed by atoms with van der Waals surface area (Å²) >= 11 is 5.10. The Hall–Kier alpha value is -0.680. The van der Waals surface area contributed by atoms with Crippen LogP contribution in [0, 0.1) is 5.41 Å². The molecule has 5 heteroatoms. The number of fused-ring (bicyclic) bond motifs is 1. The molecule has 0 bridgehead atoms. The molecule has 0 aromatic heterocycles. The predicted octanol–water partition coefficient (Wildman–Crippen LogP) is 1.39. The predicted molar refractivity (Wildman–Crippen MR) is 81.0 cm³/mol. The lowest BCUT2D eigenvalue weighted by molar-refractivity contribution is -0.130. The molecule has 0 aromatic rings. The first kappa shape index (κ1) is 14.7. The van der Waals surface area contributed by atoms with E-state index in [1.165, 1.54) is 0 Å². The van der Waals surface area contributed by atoms with Crippen LogP contribution in [0.1, 0.15) is 39.5 Å². The number of rotatable bonds is 5. The molecular formula is C14H25N3OS. The number of carbonyl (C=O) groups is 1. The number of nitrogens with zero attached hydrogens (tertiary/aromatic N) is 2. The number of carbonyl (C=O) groups excluding carboxylic acids is 1. The van der Waals surface area contributed by atoms with Crippen LogP contribution in [0.4, 0.5) is 0 Å². The Balaban J connectivity index is 1.74. The van der Waals surface area contributed by atoms with Crippen molar-refractivity contribution >= 4 is 23.1 Å². The Morgan fingerprint density at radius 3 is 2.89 bits per heavy atom. The molecule has 1 unspecified atom stereocenters. The van der Waals surface area contributed by atoms with Crippen molar-refractivity contribution in [1.29, 1.82) is 0 Å². The molecule has 2 aliphatic rings. The first-order valence-electron chi connectivity index (χ1n) is 7.22. The van der Waals surface area contributed by atoms with Gasteiger partial charge in [0, 0.05) is 37.5 Å². The Labute approximate surface area is 121 Å². The fraction of sp³-hybridized carbons (Fsp3) is 0.857. The first-order chi connectivity index (χ1) is 8.90. The second-order valence-electron chi connectivity index (χ2n) is 6.43. The van der Waals surface area contributed by atoms with Crippen LogP contribution in [0.3, 0.4) is 0 Å². The maximum Gasteiger partial charge on any atom is 0.222 e. The standard InChI is InChI=1S/C14H25N3OS/c1-14(2,13(15)19)6-3-7-16-8-9-17-11(10-16)4-5-12(17)18/h11H,3-10H2,1-2H3,(H2,15,19). The van der Waals surface area contributed by atoms with Gasteiger partial charge in [-0.15, -0.1) is 0 Å². The highest BCUT2D eigenvalue weighted by atomic mass is 32.1. The highest BCUT2D eigenvalue weighted by molar-refractivity contribution is 7.80. The van der Waals surface area contributed by atoms with E-state index in [9.17, 15) is 4.79 Å². The summed E-state index contributed by atoms with van der Waals surface area (Å²) < 4.78 is 0. The van der Waals surface area contributed by atoms with Crippen LogP contribution in [-0.2, 0) is 4.79 Å². The molecule has 0 saturated carbocycles. The quantitative estimate of drug-likeness (QED) is 0.775. The third-order valence-electron chi connectivity index (χ3n) is 4.52. The molecule has 0 aliphatic carbocycles. The van der Waals surface area contributed by atoms with Crippen LogP contribution in [-0.4, -0.2) is 52.9 Å². The van der Waals surface area contributed by atoms with Gasteiger partial charge < -0.3 is 10.6 Å². The minimum atomic E-state index is -0.0412. The van der Waals surface area contributed by atoms with E-state index in [1.807, 2.05) is 0 Å². The molecule has 19 heavy (non-hydrogen) atoms. The minimum absolute atomic E-state index is 0.0412. The van der Waals surface area contributed by atoms with Crippen molar-refractivity contribution in [3.63, 3.8) is 0 Å². The molecule has 0 spiro atoms. The van der Waals surface area contributed by atoms with E-state index in [0.29, 0.717) is 16.9 Å². The third-order valence-corrected chi connectivity index (χ3v) is 5.07. The zero-order valence-electron chi connectivity index (χ0n) is 12.0. The summed E-state index contributed by atoms with van der Waals surface area (Å²) in [6, 6.07) is 0.463. The van der Waals surface area contributed by atoms with Gasteiger partial charge in [-0.25, -0.2) is 0 Å². The molecule has 108 valence electrons. The maximum atomic E-state index is 11.6. The van der Waals surface area contributed by atoms with E-state index in [4.69, 9.17) is 18.0 Å². The first-order valence-corrected chi connectivity index (χ1v) is 7.63. The Kier molecular flexibility index (Phi) is 4.46. The van der Waals surface area contributed by atoms with Gasteiger partial charge in [0.05, 0.1) is 4.99 Å². The summed E-state index contributed by atoms with van der Waals surface area (Å²) in [5.41, 5.74) is 5.71. The highest BCUT2D eigenvalue weighted by Gasteiger charge is 2.35. The van der Waals surface area contributed by atoms with Gasteiger partial charge >= 0.3 is 0 Å². The van der Waals surface area contributed by atoms with Gasteiger partial charge in [-0.05, 0) is 25.8 Å². The lowest BCUT2D eigenvalue weighted by Gasteiger charge is -2.38. The van der Waals surface area contributed by atoms with Crippen LogP contribution >= 0.6 is 12.2 Å². The largest absolute Gasteiger partial charge is 0.393 e. The van der Waals surface area contributed by atoms with Gasteiger partial charge in [0.2, 0.25) is 5.91 Å². The Morgan fingerprint density at radius 1 is 1.47 bits per heavy atom. The fourth-order valence-electron chi connectivity index (χ4n) is 3.00. The van der Waals surface area contributed by atoms with Crippen LogP contribution in [0.5, 0.6) is 0 Å². The molecule has 2 heterocycles. The monoisotopic (exact) mass is 283 g/mol. The molecule has 2 aliphatic heterocycles. The molecule has 2 N–H and O–H groups in total. The van der Waals surface area contributed by atoms with Crippen molar-refractivity contribution < 1.29 is 4.79 Å². The molecule has 2 saturated heterocycles. The summed E-state index contributed by atoms with van der Waals surface area (Å²) in [6.45, 7) is 8.27. The molecule has 1 amide bonds. The van der Waals surface area contributed by atoms with E-state index in [-0.39, 0.29) is 5.41 Å². The normalized spacial score (nSPS) is 24.6. The summed E-state index contributed by atoms with van der Waals surface area (Å²) in [6.07, 6.45) is 3.93.